The number of hydrogen-bond acceptors (Lipinski definition) is 4. The summed E-state index contributed by atoms with van der Waals surface area (Å²) in [6.45, 7) is 9.57. The van der Waals surface area contributed by atoms with Crippen molar-refractivity contribution in [3.63, 3.8) is 0 Å². The van der Waals surface area contributed by atoms with Gasteiger partial charge in [-0.05, 0) is 43.9 Å². The first-order chi connectivity index (χ1) is 14.0. The standard InChI is InChI=1S/C23H36N4O2/c1-17-12-18(2)15-25(14-17)16-23(29)26-10-7-19(8-11-26)20-13-22(28)27-9-5-3-4-6-21(27)24-20/h13,17-19H,3-12,14-16H2,1-2H3/t17-,18+. The van der Waals surface area contributed by atoms with Crippen molar-refractivity contribution in [3.05, 3.63) is 27.9 Å². The van der Waals surface area contributed by atoms with Crippen molar-refractivity contribution in [1.29, 1.82) is 0 Å². The fourth-order valence-electron chi connectivity index (χ4n) is 5.58. The second-order valence-electron chi connectivity index (χ2n) is 9.69. The van der Waals surface area contributed by atoms with E-state index < -0.39 is 0 Å². The zero-order valence-electron chi connectivity index (χ0n) is 18.1. The Bertz CT molecular complexity index is 772. The highest BCUT2D eigenvalue weighted by atomic mass is 16.2. The van der Waals surface area contributed by atoms with Crippen molar-refractivity contribution >= 4 is 5.91 Å². The first-order valence-corrected chi connectivity index (χ1v) is 11.6. The van der Waals surface area contributed by atoms with Crippen LogP contribution in [0.4, 0.5) is 0 Å². The second kappa shape index (κ2) is 8.99. The van der Waals surface area contributed by atoms with Gasteiger partial charge in [0, 0.05) is 51.1 Å². The largest absolute Gasteiger partial charge is 0.342 e. The molecule has 3 aliphatic rings. The summed E-state index contributed by atoms with van der Waals surface area (Å²) >= 11 is 0. The Balaban J connectivity index is 1.35. The molecule has 1 amide bonds. The summed E-state index contributed by atoms with van der Waals surface area (Å²) in [5.41, 5.74) is 1.06. The van der Waals surface area contributed by atoms with Crippen LogP contribution in [0, 0.1) is 11.8 Å². The normalized spacial score (nSPS) is 26.8. The average Bonchev–Trinajstić information content (AvgIpc) is 2.93. The minimum atomic E-state index is 0.110. The highest BCUT2D eigenvalue weighted by Crippen LogP contribution is 2.27. The van der Waals surface area contributed by atoms with E-state index in [2.05, 4.69) is 18.7 Å². The lowest BCUT2D eigenvalue weighted by Gasteiger charge is -2.37. The molecule has 2 saturated heterocycles. The maximum absolute atomic E-state index is 12.8. The maximum atomic E-state index is 12.8. The molecule has 0 bridgehead atoms. The Morgan fingerprint density at radius 3 is 2.52 bits per heavy atom. The smallest absolute Gasteiger partial charge is 0.253 e. The molecule has 160 valence electrons. The monoisotopic (exact) mass is 400 g/mol. The van der Waals surface area contributed by atoms with E-state index in [4.69, 9.17) is 4.98 Å². The van der Waals surface area contributed by atoms with Gasteiger partial charge in [-0.1, -0.05) is 20.3 Å². The predicted octanol–water partition coefficient (Wildman–Crippen LogP) is 2.65. The molecule has 6 heteroatoms. The van der Waals surface area contributed by atoms with E-state index in [1.54, 1.807) is 6.07 Å². The molecule has 3 aliphatic heterocycles. The van der Waals surface area contributed by atoms with Gasteiger partial charge in [-0.2, -0.15) is 0 Å². The maximum Gasteiger partial charge on any atom is 0.253 e. The molecule has 6 nitrogen and oxygen atoms in total. The van der Waals surface area contributed by atoms with E-state index in [9.17, 15) is 9.59 Å². The van der Waals surface area contributed by atoms with Gasteiger partial charge in [0.1, 0.15) is 5.82 Å². The van der Waals surface area contributed by atoms with Crippen molar-refractivity contribution in [1.82, 2.24) is 19.4 Å². The molecule has 29 heavy (non-hydrogen) atoms. The zero-order chi connectivity index (χ0) is 20.4. The molecule has 1 aromatic heterocycles. The summed E-state index contributed by atoms with van der Waals surface area (Å²) in [4.78, 5) is 34.7. The van der Waals surface area contributed by atoms with Gasteiger partial charge in [0.2, 0.25) is 5.91 Å². The summed E-state index contributed by atoms with van der Waals surface area (Å²) in [5.74, 6) is 2.89. The molecular weight excluding hydrogens is 364 g/mol. The van der Waals surface area contributed by atoms with Gasteiger partial charge in [-0.25, -0.2) is 4.98 Å². The lowest BCUT2D eigenvalue weighted by atomic mass is 9.91. The lowest BCUT2D eigenvalue weighted by molar-refractivity contribution is -0.134. The molecule has 0 saturated carbocycles. The Morgan fingerprint density at radius 1 is 1.07 bits per heavy atom. The van der Waals surface area contributed by atoms with Crippen LogP contribution in [0.3, 0.4) is 0 Å². The van der Waals surface area contributed by atoms with Crippen LogP contribution < -0.4 is 5.56 Å². The van der Waals surface area contributed by atoms with Gasteiger partial charge in [-0.3, -0.25) is 19.1 Å². The van der Waals surface area contributed by atoms with Crippen LogP contribution in [-0.2, 0) is 17.8 Å². The van der Waals surface area contributed by atoms with E-state index in [-0.39, 0.29) is 11.5 Å². The molecule has 1 aromatic rings. The number of aromatic nitrogens is 2. The number of likely N-dealkylation sites (tertiary alicyclic amines) is 2. The van der Waals surface area contributed by atoms with Gasteiger partial charge in [0.25, 0.3) is 5.56 Å². The van der Waals surface area contributed by atoms with Gasteiger partial charge in [0.15, 0.2) is 0 Å². The first kappa shape index (κ1) is 20.6. The van der Waals surface area contributed by atoms with Crippen LogP contribution in [-0.4, -0.2) is 58.0 Å². The van der Waals surface area contributed by atoms with E-state index in [0.29, 0.717) is 24.3 Å². The average molecular weight is 401 g/mol. The molecular formula is C23H36N4O2. The number of aryl methyl sites for hydroxylation is 1. The highest BCUT2D eigenvalue weighted by molar-refractivity contribution is 5.78. The van der Waals surface area contributed by atoms with Crippen LogP contribution in [0.15, 0.2) is 10.9 Å². The lowest BCUT2D eigenvalue weighted by Crippen LogP contribution is -2.47. The molecule has 0 radical (unpaired) electrons. The minimum Gasteiger partial charge on any atom is -0.342 e. The molecule has 0 spiro atoms. The summed E-state index contributed by atoms with van der Waals surface area (Å²) in [7, 11) is 0. The molecule has 0 unspecified atom stereocenters. The number of carbonyl (C=O) groups is 1. The van der Waals surface area contributed by atoms with E-state index >= 15 is 0 Å². The topological polar surface area (TPSA) is 58.4 Å². The fourth-order valence-corrected chi connectivity index (χ4v) is 5.58. The van der Waals surface area contributed by atoms with Crippen LogP contribution in [0.5, 0.6) is 0 Å². The molecule has 0 N–H and O–H groups in total. The molecule has 0 aromatic carbocycles. The summed E-state index contributed by atoms with van der Waals surface area (Å²) in [6, 6.07) is 1.76. The van der Waals surface area contributed by atoms with Gasteiger partial charge in [-0.15, -0.1) is 0 Å². The Hall–Kier alpha value is -1.69. The molecule has 0 aliphatic carbocycles. The van der Waals surface area contributed by atoms with Crippen molar-refractivity contribution in [2.45, 2.75) is 71.3 Å². The van der Waals surface area contributed by atoms with Gasteiger partial charge >= 0.3 is 0 Å². The second-order valence-corrected chi connectivity index (χ2v) is 9.69. The van der Waals surface area contributed by atoms with Crippen LogP contribution >= 0.6 is 0 Å². The van der Waals surface area contributed by atoms with Gasteiger partial charge < -0.3 is 4.90 Å². The minimum absolute atomic E-state index is 0.110. The third-order valence-electron chi connectivity index (χ3n) is 6.96. The van der Waals surface area contributed by atoms with Crippen LogP contribution in [0.1, 0.15) is 69.8 Å². The van der Waals surface area contributed by atoms with E-state index in [1.165, 1.54) is 12.8 Å². The quantitative estimate of drug-likeness (QED) is 0.783. The van der Waals surface area contributed by atoms with E-state index in [1.807, 2.05) is 9.47 Å². The summed E-state index contributed by atoms with van der Waals surface area (Å²) < 4.78 is 1.87. The van der Waals surface area contributed by atoms with E-state index in [0.717, 1.165) is 76.3 Å². The van der Waals surface area contributed by atoms with Crippen LogP contribution in [0.25, 0.3) is 0 Å². The molecule has 4 rings (SSSR count). The number of carbonyl (C=O) groups excluding carboxylic acids is 1. The first-order valence-electron chi connectivity index (χ1n) is 11.6. The SMILES string of the molecule is C[C@@H]1C[C@H](C)CN(CC(=O)N2CCC(c3cc(=O)n4c(n3)CCCCC4)CC2)C1. The summed E-state index contributed by atoms with van der Waals surface area (Å²) in [6.07, 6.45) is 7.37. The fraction of sp³-hybridized carbons (Fsp3) is 0.783. The summed E-state index contributed by atoms with van der Waals surface area (Å²) in [5, 5.41) is 0. The highest BCUT2D eigenvalue weighted by Gasteiger charge is 2.29. The Labute approximate surface area is 174 Å². The number of piperidine rings is 2. The zero-order valence-corrected chi connectivity index (χ0v) is 18.1. The number of rotatable bonds is 3. The third kappa shape index (κ3) is 4.90. The predicted molar refractivity (Wildman–Crippen MR) is 114 cm³/mol. The number of hydrogen-bond donors (Lipinski definition) is 0. The Kier molecular flexibility index (Phi) is 6.38. The third-order valence-corrected chi connectivity index (χ3v) is 6.96. The van der Waals surface area contributed by atoms with Crippen molar-refractivity contribution in [2.75, 3.05) is 32.7 Å². The van der Waals surface area contributed by atoms with Gasteiger partial charge in [0.05, 0.1) is 12.2 Å². The number of nitrogens with zero attached hydrogens (tertiary/aromatic N) is 4. The number of amides is 1. The molecule has 2 atom stereocenters. The van der Waals surface area contributed by atoms with Crippen molar-refractivity contribution in [3.8, 4) is 0 Å². The number of fused-ring (bicyclic) bond motifs is 1. The molecule has 4 heterocycles. The van der Waals surface area contributed by atoms with Crippen LogP contribution in [0.2, 0.25) is 0 Å². The Morgan fingerprint density at radius 2 is 1.79 bits per heavy atom. The van der Waals surface area contributed by atoms with Crippen molar-refractivity contribution < 1.29 is 4.79 Å². The molecule has 2 fully saturated rings. The van der Waals surface area contributed by atoms with Crippen molar-refractivity contribution in [2.24, 2.45) is 11.8 Å².